The first-order valence-corrected chi connectivity index (χ1v) is 7.14. The van der Waals surface area contributed by atoms with E-state index in [1.807, 2.05) is 6.07 Å². The van der Waals surface area contributed by atoms with Crippen molar-refractivity contribution in [1.82, 2.24) is 5.32 Å². The lowest BCUT2D eigenvalue weighted by molar-refractivity contribution is 0.0688. The summed E-state index contributed by atoms with van der Waals surface area (Å²) in [7, 11) is 1.69. The van der Waals surface area contributed by atoms with Gasteiger partial charge in [-0.2, -0.15) is 0 Å². The van der Waals surface area contributed by atoms with Gasteiger partial charge in [-0.15, -0.1) is 0 Å². The molecule has 0 aliphatic rings. The number of methoxy groups -OCH3 is 1. The molecule has 1 aromatic rings. The van der Waals surface area contributed by atoms with Gasteiger partial charge in [-0.3, -0.25) is 0 Å². The zero-order valence-electron chi connectivity index (χ0n) is 11.0. The number of rotatable bonds is 10. The van der Waals surface area contributed by atoms with Gasteiger partial charge in [-0.25, -0.2) is 0 Å². The molecule has 0 bridgehead atoms. The second-order valence-corrected chi connectivity index (χ2v) is 4.93. The first-order valence-electron chi connectivity index (χ1n) is 6.35. The van der Waals surface area contributed by atoms with Gasteiger partial charge in [0, 0.05) is 24.7 Å². The quantitative estimate of drug-likeness (QED) is 0.673. The second kappa shape index (κ2) is 10.5. The third-order valence-electron chi connectivity index (χ3n) is 2.60. The van der Waals surface area contributed by atoms with Crippen LogP contribution < -0.4 is 5.32 Å². The van der Waals surface area contributed by atoms with Crippen LogP contribution in [0.5, 0.6) is 0 Å². The summed E-state index contributed by atoms with van der Waals surface area (Å²) < 4.78 is 11.5. The summed E-state index contributed by atoms with van der Waals surface area (Å²) in [6, 6.07) is 8.29. The van der Waals surface area contributed by atoms with Crippen LogP contribution >= 0.6 is 15.9 Å². The molecule has 4 heteroatoms. The van der Waals surface area contributed by atoms with Crippen LogP contribution in [-0.2, 0) is 16.0 Å². The SMILES string of the molecule is COCCOCCCCNCc1ccccc1Br. The Morgan fingerprint density at radius 3 is 2.72 bits per heavy atom. The number of ether oxygens (including phenoxy) is 2. The Labute approximate surface area is 118 Å². The largest absolute Gasteiger partial charge is 0.382 e. The molecule has 0 atom stereocenters. The van der Waals surface area contributed by atoms with E-state index in [2.05, 4.69) is 39.4 Å². The molecule has 0 heterocycles. The van der Waals surface area contributed by atoms with Gasteiger partial charge in [0.1, 0.15) is 0 Å². The van der Waals surface area contributed by atoms with Gasteiger partial charge in [0.05, 0.1) is 13.2 Å². The Morgan fingerprint density at radius 1 is 1.11 bits per heavy atom. The molecule has 0 aliphatic carbocycles. The number of halogens is 1. The van der Waals surface area contributed by atoms with Crippen LogP contribution in [0.15, 0.2) is 28.7 Å². The van der Waals surface area contributed by atoms with E-state index in [1.165, 1.54) is 10.0 Å². The molecule has 1 aromatic carbocycles. The predicted molar refractivity (Wildman–Crippen MR) is 77.8 cm³/mol. The molecular weight excluding hydrogens is 294 g/mol. The van der Waals surface area contributed by atoms with Crippen molar-refractivity contribution >= 4 is 15.9 Å². The summed E-state index contributed by atoms with van der Waals surface area (Å²) in [6.45, 7) is 4.13. The van der Waals surface area contributed by atoms with Gasteiger partial charge in [-0.05, 0) is 31.0 Å². The maximum absolute atomic E-state index is 5.40. The van der Waals surface area contributed by atoms with Crippen LogP contribution in [0.4, 0.5) is 0 Å². The molecule has 3 nitrogen and oxygen atoms in total. The molecule has 102 valence electrons. The third-order valence-corrected chi connectivity index (χ3v) is 3.37. The van der Waals surface area contributed by atoms with Crippen LogP contribution in [0.3, 0.4) is 0 Å². The van der Waals surface area contributed by atoms with Crippen molar-refractivity contribution in [3.8, 4) is 0 Å². The fourth-order valence-corrected chi connectivity index (χ4v) is 1.99. The molecule has 18 heavy (non-hydrogen) atoms. The van der Waals surface area contributed by atoms with Crippen molar-refractivity contribution in [2.45, 2.75) is 19.4 Å². The molecule has 0 aromatic heterocycles. The van der Waals surface area contributed by atoms with Gasteiger partial charge >= 0.3 is 0 Å². The molecule has 0 spiro atoms. The molecule has 0 unspecified atom stereocenters. The fourth-order valence-electron chi connectivity index (χ4n) is 1.56. The van der Waals surface area contributed by atoms with Crippen molar-refractivity contribution in [3.05, 3.63) is 34.3 Å². The standard InChI is InChI=1S/C14H22BrNO2/c1-17-10-11-18-9-5-4-8-16-12-13-6-2-3-7-14(13)15/h2-3,6-7,16H,4-5,8-12H2,1H3. The Kier molecular flexibility index (Phi) is 9.12. The predicted octanol–water partition coefficient (Wildman–Crippen LogP) is 2.98. The number of unbranched alkanes of at least 4 members (excludes halogenated alkanes) is 1. The molecule has 0 saturated carbocycles. The van der Waals surface area contributed by atoms with E-state index in [4.69, 9.17) is 9.47 Å². The Hall–Kier alpha value is -0.420. The summed E-state index contributed by atoms with van der Waals surface area (Å²) in [5, 5.41) is 3.43. The topological polar surface area (TPSA) is 30.5 Å². The van der Waals surface area contributed by atoms with Crippen LogP contribution in [-0.4, -0.2) is 33.5 Å². The number of hydrogen-bond donors (Lipinski definition) is 1. The van der Waals surface area contributed by atoms with Crippen molar-refractivity contribution in [1.29, 1.82) is 0 Å². The molecule has 0 amide bonds. The monoisotopic (exact) mass is 315 g/mol. The van der Waals surface area contributed by atoms with Crippen molar-refractivity contribution in [2.75, 3.05) is 33.5 Å². The van der Waals surface area contributed by atoms with E-state index in [0.717, 1.165) is 32.5 Å². The average Bonchev–Trinajstić information content (AvgIpc) is 2.39. The van der Waals surface area contributed by atoms with Crippen LogP contribution in [0.1, 0.15) is 18.4 Å². The number of nitrogens with one attached hydrogen (secondary N) is 1. The van der Waals surface area contributed by atoms with Gasteiger partial charge in [-0.1, -0.05) is 34.1 Å². The highest BCUT2D eigenvalue weighted by Crippen LogP contribution is 2.15. The fraction of sp³-hybridized carbons (Fsp3) is 0.571. The number of hydrogen-bond acceptors (Lipinski definition) is 3. The zero-order valence-corrected chi connectivity index (χ0v) is 12.5. The normalized spacial score (nSPS) is 10.8. The third kappa shape index (κ3) is 7.11. The molecule has 1 N–H and O–H groups in total. The van der Waals surface area contributed by atoms with E-state index in [0.29, 0.717) is 13.2 Å². The van der Waals surface area contributed by atoms with Crippen LogP contribution in [0.25, 0.3) is 0 Å². The number of benzene rings is 1. The molecule has 0 fully saturated rings. The second-order valence-electron chi connectivity index (χ2n) is 4.08. The summed E-state index contributed by atoms with van der Waals surface area (Å²) in [5.41, 5.74) is 1.30. The van der Waals surface area contributed by atoms with E-state index < -0.39 is 0 Å². The van der Waals surface area contributed by atoms with Crippen LogP contribution in [0, 0.1) is 0 Å². The summed E-state index contributed by atoms with van der Waals surface area (Å²) in [5.74, 6) is 0. The maximum Gasteiger partial charge on any atom is 0.0700 e. The maximum atomic E-state index is 5.40. The van der Waals surface area contributed by atoms with Crippen molar-refractivity contribution in [2.24, 2.45) is 0 Å². The highest BCUT2D eigenvalue weighted by Gasteiger charge is 1.97. The lowest BCUT2D eigenvalue weighted by atomic mass is 10.2. The van der Waals surface area contributed by atoms with E-state index >= 15 is 0 Å². The van der Waals surface area contributed by atoms with Gasteiger partial charge in [0.2, 0.25) is 0 Å². The van der Waals surface area contributed by atoms with E-state index in [9.17, 15) is 0 Å². The first kappa shape index (κ1) is 15.6. The van der Waals surface area contributed by atoms with E-state index in [-0.39, 0.29) is 0 Å². The minimum absolute atomic E-state index is 0.681. The summed E-state index contributed by atoms with van der Waals surface area (Å²) in [4.78, 5) is 0. The smallest absolute Gasteiger partial charge is 0.0700 e. The lowest BCUT2D eigenvalue weighted by Crippen LogP contribution is -2.15. The molecule has 0 saturated heterocycles. The summed E-state index contributed by atoms with van der Waals surface area (Å²) >= 11 is 3.54. The minimum Gasteiger partial charge on any atom is -0.382 e. The molecule has 0 aliphatic heterocycles. The van der Waals surface area contributed by atoms with Gasteiger partial charge in [0.15, 0.2) is 0 Å². The first-order chi connectivity index (χ1) is 8.84. The van der Waals surface area contributed by atoms with E-state index in [1.54, 1.807) is 7.11 Å². The highest BCUT2D eigenvalue weighted by molar-refractivity contribution is 9.10. The summed E-state index contributed by atoms with van der Waals surface area (Å²) in [6.07, 6.45) is 2.23. The zero-order chi connectivity index (χ0) is 13.1. The Balaban J connectivity index is 1.94. The average molecular weight is 316 g/mol. The lowest BCUT2D eigenvalue weighted by Gasteiger charge is -2.07. The van der Waals surface area contributed by atoms with Crippen molar-refractivity contribution in [3.63, 3.8) is 0 Å². The van der Waals surface area contributed by atoms with Gasteiger partial charge < -0.3 is 14.8 Å². The molecular formula is C14H22BrNO2. The highest BCUT2D eigenvalue weighted by atomic mass is 79.9. The molecule has 1 rings (SSSR count). The Morgan fingerprint density at radius 2 is 1.94 bits per heavy atom. The van der Waals surface area contributed by atoms with Crippen LogP contribution in [0.2, 0.25) is 0 Å². The van der Waals surface area contributed by atoms with Crippen molar-refractivity contribution < 1.29 is 9.47 Å². The minimum atomic E-state index is 0.681. The molecule has 0 radical (unpaired) electrons. The Bertz CT molecular complexity index is 320. The van der Waals surface area contributed by atoms with Gasteiger partial charge in [0.25, 0.3) is 0 Å².